The molecule has 3 heterocycles. The lowest BCUT2D eigenvalue weighted by molar-refractivity contribution is -0.124. The van der Waals surface area contributed by atoms with Crippen LogP contribution in [0.2, 0.25) is 0 Å². The standard InChI is InChI=1S/C14H10FNO3/c15-7-1-3-8(4-2-7)16-13(17)11-9-5-6-10(19-9)12(11)14(16)18/h1-6,9-12H/t9-,10+,11-,12-/m0/s1. The van der Waals surface area contributed by atoms with Gasteiger partial charge in [-0.05, 0) is 24.3 Å². The summed E-state index contributed by atoms with van der Waals surface area (Å²) in [7, 11) is 0. The van der Waals surface area contributed by atoms with E-state index in [2.05, 4.69) is 0 Å². The first kappa shape index (κ1) is 10.9. The van der Waals surface area contributed by atoms with E-state index >= 15 is 0 Å². The summed E-state index contributed by atoms with van der Waals surface area (Å²) in [5, 5.41) is 0. The molecule has 1 aromatic carbocycles. The minimum Gasteiger partial charge on any atom is -0.365 e. The third-order valence-corrected chi connectivity index (χ3v) is 4.00. The molecular formula is C14H10FNO3. The van der Waals surface area contributed by atoms with Gasteiger partial charge < -0.3 is 4.74 Å². The maximum absolute atomic E-state index is 12.9. The molecule has 4 rings (SSSR count). The molecule has 0 N–H and O–H groups in total. The molecule has 19 heavy (non-hydrogen) atoms. The molecule has 2 amide bonds. The van der Waals surface area contributed by atoms with Crippen molar-refractivity contribution in [3.8, 4) is 0 Å². The number of amides is 2. The molecule has 0 aromatic heterocycles. The van der Waals surface area contributed by atoms with Crippen molar-refractivity contribution in [1.29, 1.82) is 0 Å². The smallest absolute Gasteiger partial charge is 0.240 e. The monoisotopic (exact) mass is 259 g/mol. The molecule has 5 heteroatoms. The van der Waals surface area contributed by atoms with Gasteiger partial charge in [0, 0.05) is 0 Å². The summed E-state index contributed by atoms with van der Waals surface area (Å²) in [6.45, 7) is 0. The van der Waals surface area contributed by atoms with Crippen LogP contribution in [0, 0.1) is 17.7 Å². The zero-order chi connectivity index (χ0) is 13.1. The molecule has 2 bridgehead atoms. The van der Waals surface area contributed by atoms with E-state index in [-0.39, 0.29) is 24.0 Å². The zero-order valence-corrected chi connectivity index (χ0v) is 9.82. The Morgan fingerprint density at radius 1 is 0.947 bits per heavy atom. The average Bonchev–Trinajstić information content (AvgIpc) is 3.06. The average molecular weight is 259 g/mol. The number of nitrogens with zero attached hydrogens (tertiary/aromatic N) is 1. The Balaban J connectivity index is 1.74. The van der Waals surface area contributed by atoms with Crippen LogP contribution < -0.4 is 4.90 Å². The summed E-state index contributed by atoms with van der Waals surface area (Å²) in [5.74, 6) is -1.75. The lowest BCUT2D eigenvalue weighted by Gasteiger charge is -2.17. The number of fused-ring (bicyclic) bond motifs is 5. The molecule has 4 nitrogen and oxygen atoms in total. The molecule has 0 aliphatic carbocycles. The van der Waals surface area contributed by atoms with Gasteiger partial charge in [-0.15, -0.1) is 0 Å². The predicted molar refractivity (Wildman–Crippen MR) is 63.7 cm³/mol. The van der Waals surface area contributed by atoms with Gasteiger partial charge in [0.15, 0.2) is 0 Å². The van der Waals surface area contributed by atoms with E-state index in [1.807, 2.05) is 12.2 Å². The fraction of sp³-hybridized carbons (Fsp3) is 0.286. The molecule has 0 saturated carbocycles. The second-order valence-corrected chi connectivity index (χ2v) is 4.99. The van der Waals surface area contributed by atoms with Crippen LogP contribution in [0.25, 0.3) is 0 Å². The molecular weight excluding hydrogens is 249 g/mol. The van der Waals surface area contributed by atoms with Crippen molar-refractivity contribution < 1.29 is 18.7 Å². The SMILES string of the molecule is O=C1[C@@H]2[C@@H](C(=O)N1c1ccc(F)cc1)[C@H]1C=C[C@@H]2O1. The topological polar surface area (TPSA) is 46.6 Å². The quantitative estimate of drug-likeness (QED) is 0.563. The first-order valence-corrected chi connectivity index (χ1v) is 6.14. The van der Waals surface area contributed by atoms with Crippen molar-refractivity contribution in [2.24, 2.45) is 11.8 Å². The zero-order valence-electron chi connectivity index (χ0n) is 9.82. The van der Waals surface area contributed by atoms with Crippen LogP contribution >= 0.6 is 0 Å². The Labute approximate surface area is 108 Å². The van der Waals surface area contributed by atoms with Crippen molar-refractivity contribution in [2.45, 2.75) is 12.2 Å². The summed E-state index contributed by atoms with van der Waals surface area (Å²) in [5.41, 5.74) is 0.421. The molecule has 2 fully saturated rings. The van der Waals surface area contributed by atoms with Crippen LogP contribution in [0.3, 0.4) is 0 Å². The van der Waals surface area contributed by atoms with Gasteiger partial charge in [-0.3, -0.25) is 9.59 Å². The number of benzene rings is 1. The van der Waals surface area contributed by atoms with E-state index < -0.39 is 17.7 Å². The molecule has 96 valence electrons. The summed E-state index contributed by atoms with van der Waals surface area (Å²) in [4.78, 5) is 25.9. The van der Waals surface area contributed by atoms with E-state index in [1.54, 1.807) is 0 Å². The fourth-order valence-electron chi connectivity index (χ4n) is 3.15. The van der Waals surface area contributed by atoms with Crippen molar-refractivity contribution in [3.63, 3.8) is 0 Å². The highest BCUT2D eigenvalue weighted by molar-refractivity contribution is 6.23. The number of ether oxygens (including phenoxy) is 1. The number of rotatable bonds is 1. The predicted octanol–water partition coefficient (Wildman–Crippen LogP) is 1.27. The third-order valence-electron chi connectivity index (χ3n) is 4.00. The minimum absolute atomic E-state index is 0.251. The van der Waals surface area contributed by atoms with Crippen LogP contribution in [-0.4, -0.2) is 24.0 Å². The Morgan fingerprint density at radius 3 is 2.00 bits per heavy atom. The van der Waals surface area contributed by atoms with Gasteiger partial charge >= 0.3 is 0 Å². The van der Waals surface area contributed by atoms with Gasteiger partial charge in [-0.2, -0.15) is 0 Å². The number of anilines is 1. The van der Waals surface area contributed by atoms with E-state index in [9.17, 15) is 14.0 Å². The van der Waals surface area contributed by atoms with Crippen molar-refractivity contribution in [3.05, 3.63) is 42.2 Å². The molecule has 3 aliphatic heterocycles. The Hall–Kier alpha value is -2.01. The van der Waals surface area contributed by atoms with E-state index in [4.69, 9.17) is 4.74 Å². The van der Waals surface area contributed by atoms with Gasteiger partial charge in [0.1, 0.15) is 5.82 Å². The molecule has 0 unspecified atom stereocenters. The number of imide groups is 1. The summed E-state index contributed by atoms with van der Waals surface area (Å²) in [6, 6.07) is 5.38. The number of halogens is 1. The highest BCUT2D eigenvalue weighted by Crippen LogP contribution is 2.46. The third kappa shape index (κ3) is 1.30. The maximum atomic E-state index is 12.9. The van der Waals surface area contributed by atoms with Crippen molar-refractivity contribution >= 4 is 17.5 Å². The van der Waals surface area contributed by atoms with Crippen LogP contribution in [0.1, 0.15) is 0 Å². The summed E-state index contributed by atoms with van der Waals surface area (Å²) < 4.78 is 18.5. The molecule has 3 aliphatic rings. The van der Waals surface area contributed by atoms with E-state index in [1.165, 1.54) is 24.3 Å². The first-order chi connectivity index (χ1) is 9.16. The van der Waals surface area contributed by atoms with Crippen LogP contribution in [0.4, 0.5) is 10.1 Å². The number of carbonyl (C=O) groups is 2. The normalized spacial score (nSPS) is 35.3. The van der Waals surface area contributed by atoms with Gasteiger partial charge in [-0.25, -0.2) is 9.29 Å². The van der Waals surface area contributed by atoms with Crippen LogP contribution in [0.5, 0.6) is 0 Å². The van der Waals surface area contributed by atoms with Gasteiger partial charge in [0.25, 0.3) is 0 Å². The van der Waals surface area contributed by atoms with Crippen LogP contribution in [-0.2, 0) is 14.3 Å². The Morgan fingerprint density at radius 2 is 1.47 bits per heavy atom. The van der Waals surface area contributed by atoms with Crippen molar-refractivity contribution in [2.75, 3.05) is 4.90 Å². The van der Waals surface area contributed by atoms with E-state index in [0.717, 1.165) is 4.90 Å². The molecule has 4 atom stereocenters. The lowest BCUT2D eigenvalue weighted by Crippen LogP contribution is -2.34. The number of carbonyl (C=O) groups excluding carboxylic acids is 2. The van der Waals surface area contributed by atoms with Crippen molar-refractivity contribution in [1.82, 2.24) is 0 Å². The van der Waals surface area contributed by atoms with Gasteiger partial charge in [0.2, 0.25) is 11.8 Å². The maximum Gasteiger partial charge on any atom is 0.240 e. The summed E-state index contributed by atoms with van der Waals surface area (Å²) >= 11 is 0. The fourth-order valence-corrected chi connectivity index (χ4v) is 3.15. The van der Waals surface area contributed by atoms with Crippen LogP contribution in [0.15, 0.2) is 36.4 Å². The molecule has 1 aromatic rings. The number of hydrogen-bond acceptors (Lipinski definition) is 3. The Bertz CT molecular complexity index is 580. The first-order valence-electron chi connectivity index (χ1n) is 6.14. The largest absolute Gasteiger partial charge is 0.365 e. The van der Waals surface area contributed by atoms with Gasteiger partial charge in [0.05, 0.1) is 29.7 Å². The molecule has 0 spiro atoms. The van der Waals surface area contributed by atoms with E-state index in [0.29, 0.717) is 5.69 Å². The Kier molecular flexibility index (Phi) is 2.01. The second kappa shape index (κ2) is 3.51. The highest BCUT2D eigenvalue weighted by Gasteiger charge is 2.60. The lowest BCUT2D eigenvalue weighted by atomic mass is 9.85. The summed E-state index contributed by atoms with van der Waals surface area (Å²) in [6.07, 6.45) is 3.09. The highest BCUT2D eigenvalue weighted by atomic mass is 19.1. The molecule has 2 saturated heterocycles. The minimum atomic E-state index is -0.424. The molecule has 0 radical (unpaired) electrons. The second-order valence-electron chi connectivity index (χ2n) is 4.99. The number of hydrogen-bond donors (Lipinski definition) is 0. The van der Waals surface area contributed by atoms with Gasteiger partial charge in [-0.1, -0.05) is 12.2 Å².